The third kappa shape index (κ3) is 2.80. The van der Waals surface area contributed by atoms with Gasteiger partial charge in [0.05, 0.1) is 5.56 Å². The SMILES string of the molecule is [CH2]CCCc1cnc(Br)c(C(N)=O)c1. The highest BCUT2D eigenvalue weighted by Crippen LogP contribution is 2.15. The first kappa shape index (κ1) is 11.2. The van der Waals surface area contributed by atoms with Gasteiger partial charge < -0.3 is 5.73 Å². The van der Waals surface area contributed by atoms with Gasteiger partial charge in [-0.15, -0.1) is 0 Å². The minimum atomic E-state index is -0.458. The van der Waals surface area contributed by atoms with E-state index < -0.39 is 5.91 Å². The lowest BCUT2D eigenvalue weighted by Gasteiger charge is -2.03. The van der Waals surface area contributed by atoms with E-state index >= 15 is 0 Å². The van der Waals surface area contributed by atoms with Gasteiger partial charge >= 0.3 is 0 Å². The zero-order chi connectivity index (χ0) is 10.6. The molecule has 2 N–H and O–H groups in total. The molecular weight excluding hydrogens is 244 g/mol. The molecule has 0 aliphatic carbocycles. The molecule has 75 valence electrons. The fourth-order valence-electron chi connectivity index (χ4n) is 1.13. The first-order valence-electron chi connectivity index (χ1n) is 4.38. The molecule has 0 fully saturated rings. The summed E-state index contributed by atoms with van der Waals surface area (Å²) in [5, 5.41) is 0. The average molecular weight is 256 g/mol. The molecule has 3 nitrogen and oxygen atoms in total. The van der Waals surface area contributed by atoms with Crippen LogP contribution in [0.2, 0.25) is 0 Å². The molecule has 1 aromatic heterocycles. The number of carbonyl (C=O) groups excluding carboxylic acids is 1. The van der Waals surface area contributed by atoms with Crippen molar-refractivity contribution in [3.05, 3.63) is 34.9 Å². The minimum absolute atomic E-state index is 0.437. The second-order valence-electron chi connectivity index (χ2n) is 3.00. The van der Waals surface area contributed by atoms with Crippen molar-refractivity contribution in [2.75, 3.05) is 0 Å². The monoisotopic (exact) mass is 255 g/mol. The van der Waals surface area contributed by atoms with Crippen LogP contribution in [-0.2, 0) is 6.42 Å². The van der Waals surface area contributed by atoms with E-state index in [1.807, 2.05) is 0 Å². The zero-order valence-electron chi connectivity index (χ0n) is 7.79. The van der Waals surface area contributed by atoms with Crippen molar-refractivity contribution in [3.63, 3.8) is 0 Å². The smallest absolute Gasteiger partial charge is 0.251 e. The number of amides is 1. The Bertz CT molecular complexity index is 339. The van der Waals surface area contributed by atoms with Gasteiger partial charge in [-0.05, 0) is 40.4 Å². The van der Waals surface area contributed by atoms with E-state index in [-0.39, 0.29) is 0 Å². The summed E-state index contributed by atoms with van der Waals surface area (Å²) in [5.41, 5.74) is 6.65. The Morgan fingerprint density at radius 1 is 1.64 bits per heavy atom. The third-order valence-electron chi connectivity index (χ3n) is 1.88. The summed E-state index contributed by atoms with van der Waals surface area (Å²) in [5.74, 6) is -0.458. The first-order valence-corrected chi connectivity index (χ1v) is 5.18. The molecule has 0 spiro atoms. The van der Waals surface area contributed by atoms with Gasteiger partial charge in [0.25, 0.3) is 5.91 Å². The summed E-state index contributed by atoms with van der Waals surface area (Å²) in [6.45, 7) is 3.75. The zero-order valence-corrected chi connectivity index (χ0v) is 9.38. The molecule has 0 bridgehead atoms. The summed E-state index contributed by atoms with van der Waals surface area (Å²) in [4.78, 5) is 15.0. The summed E-state index contributed by atoms with van der Waals surface area (Å²) in [6.07, 6.45) is 4.49. The fourth-order valence-corrected chi connectivity index (χ4v) is 1.54. The number of pyridine rings is 1. The maximum absolute atomic E-state index is 11.0. The van der Waals surface area contributed by atoms with E-state index in [2.05, 4.69) is 27.8 Å². The van der Waals surface area contributed by atoms with Gasteiger partial charge in [-0.25, -0.2) is 4.98 Å². The van der Waals surface area contributed by atoms with Crippen LogP contribution in [0, 0.1) is 6.92 Å². The maximum Gasteiger partial charge on any atom is 0.251 e. The van der Waals surface area contributed by atoms with Crippen LogP contribution in [0.15, 0.2) is 16.9 Å². The maximum atomic E-state index is 11.0. The highest BCUT2D eigenvalue weighted by molar-refractivity contribution is 9.10. The molecule has 0 aliphatic heterocycles. The summed E-state index contributed by atoms with van der Waals surface area (Å²) < 4.78 is 0.503. The second-order valence-corrected chi connectivity index (χ2v) is 3.75. The standard InChI is InChI=1S/C10H12BrN2O/c1-2-3-4-7-5-8(10(12)14)9(11)13-6-7/h5-6H,1-4H2,(H2,12,14). The number of rotatable bonds is 4. The topological polar surface area (TPSA) is 56.0 Å². The molecule has 1 rings (SSSR count). The van der Waals surface area contributed by atoms with Crippen molar-refractivity contribution in [2.24, 2.45) is 5.73 Å². The normalized spacial score (nSPS) is 10.1. The van der Waals surface area contributed by atoms with Crippen molar-refractivity contribution < 1.29 is 4.79 Å². The summed E-state index contributed by atoms with van der Waals surface area (Å²) >= 11 is 3.17. The number of halogens is 1. The van der Waals surface area contributed by atoms with E-state index in [9.17, 15) is 4.79 Å². The molecule has 1 heterocycles. The summed E-state index contributed by atoms with van der Waals surface area (Å²) in [6, 6.07) is 1.77. The number of unbranched alkanes of at least 4 members (excludes halogenated alkanes) is 1. The Morgan fingerprint density at radius 2 is 2.36 bits per heavy atom. The number of aryl methyl sites for hydroxylation is 1. The van der Waals surface area contributed by atoms with E-state index in [1.165, 1.54) is 0 Å². The van der Waals surface area contributed by atoms with Crippen LogP contribution in [-0.4, -0.2) is 10.9 Å². The molecule has 0 atom stereocenters. The lowest BCUT2D eigenvalue weighted by atomic mass is 10.1. The van der Waals surface area contributed by atoms with Crippen molar-refractivity contribution in [2.45, 2.75) is 19.3 Å². The van der Waals surface area contributed by atoms with Crippen molar-refractivity contribution in [3.8, 4) is 0 Å². The van der Waals surface area contributed by atoms with Crippen molar-refractivity contribution >= 4 is 21.8 Å². The molecule has 14 heavy (non-hydrogen) atoms. The van der Waals surface area contributed by atoms with Crippen LogP contribution >= 0.6 is 15.9 Å². The van der Waals surface area contributed by atoms with E-state index in [1.54, 1.807) is 12.3 Å². The van der Waals surface area contributed by atoms with Crippen LogP contribution in [0.3, 0.4) is 0 Å². The Morgan fingerprint density at radius 3 is 2.93 bits per heavy atom. The summed E-state index contributed by atoms with van der Waals surface area (Å²) in [7, 11) is 0. The number of primary amides is 1. The average Bonchev–Trinajstić information content (AvgIpc) is 2.16. The predicted molar refractivity (Wildman–Crippen MR) is 58.7 cm³/mol. The second kappa shape index (κ2) is 5.10. The largest absolute Gasteiger partial charge is 0.366 e. The molecular formula is C10H12BrN2O. The molecule has 0 aliphatic rings. The van der Waals surface area contributed by atoms with Gasteiger partial charge in [0.15, 0.2) is 0 Å². The van der Waals surface area contributed by atoms with Gasteiger partial charge in [0, 0.05) is 6.20 Å². The predicted octanol–water partition coefficient (Wildman–Crippen LogP) is 2.10. The van der Waals surface area contributed by atoms with E-state index in [4.69, 9.17) is 5.73 Å². The van der Waals surface area contributed by atoms with E-state index in [0.29, 0.717) is 10.2 Å². The van der Waals surface area contributed by atoms with Crippen LogP contribution < -0.4 is 5.73 Å². The number of nitrogens with zero attached hydrogens (tertiary/aromatic N) is 1. The lowest BCUT2D eigenvalue weighted by Crippen LogP contribution is -2.12. The highest BCUT2D eigenvalue weighted by Gasteiger charge is 2.07. The first-order chi connectivity index (χ1) is 6.65. The van der Waals surface area contributed by atoms with E-state index in [0.717, 1.165) is 24.8 Å². The van der Waals surface area contributed by atoms with Crippen LogP contribution in [0.5, 0.6) is 0 Å². The highest BCUT2D eigenvalue weighted by atomic mass is 79.9. The molecule has 1 amide bonds. The Kier molecular flexibility index (Phi) is 4.07. The number of nitrogens with two attached hydrogens (primary N) is 1. The van der Waals surface area contributed by atoms with Crippen LogP contribution in [0.1, 0.15) is 28.8 Å². The van der Waals surface area contributed by atoms with Crippen molar-refractivity contribution in [1.29, 1.82) is 0 Å². The Labute approximate surface area is 91.8 Å². The quantitative estimate of drug-likeness (QED) is 0.838. The molecule has 0 saturated carbocycles. The van der Waals surface area contributed by atoms with Gasteiger partial charge in [-0.3, -0.25) is 4.79 Å². The lowest BCUT2D eigenvalue weighted by molar-refractivity contribution is 0.0999. The van der Waals surface area contributed by atoms with Gasteiger partial charge in [-0.1, -0.05) is 13.3 Å². The Balaban J connectivity index is 2.89. The molecule has 4 heteroatoms. The van der Waals surface area contributed by atoms with Crippen LogP contribution in [0.25, 0.3) is 0 Å². The van der Waals surface area contributed by atoms with Gasteiger partial charge in [-0.2, -0.15) is 0 Å². The third-order valence-corrected chi connectivity index (χ3v) is 2.51. The number of aromatic nitrogens is 1. The Hall–Kier alpha value is -0.900. The van der Waals surface area contributed by atoms with Crippen molar-refractivity contribution in [1.82, 2.24) is 4.98 Å². The molecule has 0 unspecified atom stereocenters. The van der Waals surface area contributed by atoms with Gasteiger partial charge in [0.2, 0.25) is 0 Å². The molecule has 1 radical (unpaired) electrons. The van der Waals surface area contributed by atoms with Gasteiger partial charge in [0.1, 0.15) is 4.60 Å². The number of hydrogen-bond donors (Lipinski definition) is 1. The van der Waals surface area contributed by atoms with Crippen LogP contribution in [0.4, 0.5) is 0 Å². The molecule has 1 aromatic rings. The minimum Gasteiger partial charge on any atom is -0.366 e. The molecule has 0 aromatic carbocycles. The molecule has 0 saturated heterocycles. The fraction of sp³-hybridized carbons (Fsp3) is 0.300. The number of hydrogen-bond acceptors (Lipinski definition) is 2. The number of carbonyl (C=O) groups is 1.